The highest BCUT2D eigenvalue weighted by atomic mass is 32.2. The van der Waals surface area contributed by atoms with Crippen molar-refractivity contribution in [3.63, 3.8) is 0 Å². The molecule has 0 spiro atoms. The Morgan fingerprint density at radius 3 is 2.26 bits per heavy atom. The molecule has 1 atom stereocenters. The van der Waals surface area contributed by atoms with Gasteiger partial charge in [-0.1, -0.05) is 0 Å². The number of carbonyl (C=O) groups is 2. The minimum absolute atomic E-state index is 0.0728. The lowest BCUT2D eigenvalue weighted by molar-refractivity contribution is -0.142. The van der Waals surface area contributed by atoms with E-state index in [1.165, 1.54) is 7.11 Å². The van der Waals surface area contributed by atoms with Crippen molar-refractivity contribution < 1.29 is 27.5 Å². The van der Waals surface area contributed by atoms with Crippen LogP contribution in [-0.2, 0) is 29.1 Å². The Balaban J connectivity index is 4.70. The highest BCUT2D eigenvalue weighted by Crippen LogP contribution is 2.13. The zero-order valence-corrected chi connectivity index (χ0v) is 12.7. The number of amides is 1. The van der Waals surface area contributed by atoms with Gasteiger partial charge < -0.3 is 9.47 Å². The fraction of sp³-hybridized carbons (Fsp3) is 0.818. The van der Waals surface area contributed by atoms with E-state index in [-0.39, 0.29) is 13.0 Å². The topological polar surface area (TPSA) is 98.8 Å². The fourth-order valence-electron chi connectivity index (χ4n) is 1.13. The second-order valence-corrected chi connectivity index (χ2v) is 6.61. The van der Waals surface area contributed by atoms with Crippen LogP contribution in [0.15, 0.2) is 0 Å². The number of esters is 1. The molecule has 0 bridgehead atoms. The number of ether oxygens (including phenoxy) is 2. The van der Waals surface area contributed by atoms with Crippen molar-refractivity contribution in [3.05, 3.63) is 0 Å². The van der Waals surface area contributed by atoms with Gasteiger partial charge in [0, 0.05) is 7.11 Å². The molecule has 0 fully saturated rings. The number of hydrogen-bond acceptors (Lipinski definition) is 6. The molecule has 0 heterocycles. The predicted octanol–water partition coefficient (Wildman–Crippen LogP) is 0.199. The van der Waals surface area contributed by atoms with Crippen LogP contribution in [0.25, 0.3) is 0 Å². The molecule has 0 aromatic rings. The van der Waals surface area contributed by atoms with Gasteiger partial charge in [0.05, 0.1) is 18.6 Å². The summed E-state index contributed by atoms with van der Waals surface area (Å²) in [5, 5.41) is -1.44. The minimum atomic E-state index is -4.09. The molecule has 0 aliphatic carbocycles. The number of hydrogen-bond donors (Lipinski definition) is 1. The summed E-state index contributed by atoms with van der Waals surface area (Å²) >= 11 is 0. The lowest BCUT2D eigenvalue weighted by atomic mass is 10.1. The zero-order valence-electron chi connectivity index (χ0n) is 11.8. The Kier molecular flexibility index (Phi) is 6.44. The molecule has 19 heavy (non-hydrogen) atoms. The van der Waals surface area contributed by atoms with Gasteiger partial charge in [0.2, 0.25) is 15.9 Å². The second kappa shape index (κ2) is 6.85. The summed E-state index contributed by atoms with van der Waals surface area (Å²) in [7, 11) is -2.67. The van der Waals surface area contributed by atoms with Crippen molar-refractivity contribution in [2.24, 2.45) is 0 Å². The average Bonchev–Trinajstić information content (AvgIpc) is 2.26. The molecule has 0 aliphatic heterocycles. The van der Waals surface area contributed by atoms with Crippen LogP contribution < -0.4 is 4.72 Å². The van der Waals surface area contributed by atoms with Gasteiger partial charge in [0.25, 0.3) is 0 Å². The summed E-state index contributed by atoms with van der Waals surface area (Å²) in [5.74, 6) is -1.63. The Bertz CT molecular complexity index is 428. The number of sulfonamides is 1. The predicted molar refractivity (Wildman–Crippen MR) is 68.9 cm³/mol. The van der Waals surface area contributed by atoms with E-state index in [9.17, 15) is 18.0 Å². The third-order valence-electron chi connectivity index (χ3n) is 2.48. The lowest BCUT2D eigenvalue weighted by Crippen LogP contribution is -2.43. The SMILES string of the molecule is CCOC(=O)C(C)S(=O)(=O)NC(=O)CC(C)(C)OC. The Hall–Kier alpha value is -1.15. The van der Waals surface area contributed by atoms with Crippen LogP contribution in [0.4, 0.5) is 0 Å². The summed E-state index contributed by atoms with van der Waals surface area (Å²) in [5.41, 5.74) is -0.785. The summed E-state index contributed by atoms with van der Waals surface area (Å²) in [4.78, 5) is 22.9. The Morgan fingerprint density at radius 2 is 1.84 bits per heavy atom. The van der Waals surface area contributed by atoms with Crippen LogP contribution in [0.5, 0.6) is 0 Å². The molecule has 1 N–H and O–H groups in total. The van der Waals surface area contributed by atoms with E-state index in [1.807, 2.05) is 4.72 Å². The first-order valence-electron chi connectivity index (χ1n) is 5.82. The highest BCUT2D eigenvalue weighted by molar-refractivity contribution is 7.91. The molecule has 0 aromatic carbocycles. The van der Waals surface area contributed by atoms with Crippen molar-refractivity contribution in [3.8, 4) is 0 Å². The third-order valence-corrected chi connectivity index (χ3v) is 4.11. The standard InChI is InChI=1S/C11H21NO6S/c1-6-18-10(14)8(2)19(15,16)12-9(13)7-11(3,4)17-5/h8H,6-7H2,1-5H3,(H,12,13). The van der Waals surface area contributed by atoms with E-state index < -0.39 is 32.8 Å². The first kappa shape index (κ1) is 17.8. The van der Waals surface area contributed by atoms with E-state index in [0.717, 1.165) is 6.92 Å². The van der Waals surface area contributed by atoms with E-state index in [2.05, 4.69) is 4.74 Å². The van der Waals surface area contributed by atoms with Crippen LogP contribution in [-0.4, -0.2) is 44.9 Å². The van der Waals surface area contributed by atoms with E-state index in [4.69, 9.17) is 4.74 Å². The lowest BCUT2D eigenvalue weighted by Gasteiger charge is -2.22. The molecular weight excluding hydrogens is 274 g/mol. The highest BCUT2D eigenvalue weighted by Gasteiger charge is 2.32. The van der Waals surface area contributed by atoms with Crippen LogP contribution >= 0.6 is 0 Å². The maximum Gasteiger partial charge on any atom is 0.325 e. The summed E-state index contributed by atoms with van der Waals surface area (Å²) in [6.45, 7) is 6.09. The van der Waals surface area contributed by atoms with Crippen LogP contribution in [0.2, 0.25) is 0 Å². The van der Waals surface area contributed by atoms with E-state index >= 15 is 0 Å². The molecule has 0 saturated heterocycles. The van der Waals surface area contributed by atoms with Gasteiger partial charge in [-0.15, -0.1) is 0 Å². The molecular formula is C11H21NO6S. The smallest absolute Gasteiger partial charge is 0.325 e. The zero-order chi connectivity index (χ0) is 15.3. The van der Waals surface area contributed by atoms with Gasteiger partial charge in [0.15, 0.2) is 5.25 Å². The first-order valence-corrected chi connectivity index (χ1v) is 7.36. The Labute approximate surface area is 113 Å². The van der Waals surface area contributed by atoms with E-state index in [0.29, 0.717) is 0 Å². The van der Waals surface area contributed by atoms with Gasteiger partial charge >= 0.3 is 5.97 Å². The molecule has 1 unspecified atom stereocenters. The molecule has 0 radical (unpaired) electrons. The molecule has 0 rings (SSSR count). The molecule has 0 aromatic heterocycles. The third kappa shape index (κ3) is 6.02. The summed E-state index contributed by atoms with van der Waals surface area (Å²) in [6, 6.07) is 0. The van der Waals surface area contributed by atoms with Crippen molar-refractivity contribution in [2.45, 2.75) is 45.0 Å². The van der Waals surface area contributed by atoms with Crippen LogP contribution in [0, 0.1) is 0 Å². The number of carbonyl (C=O) groups excluding carboxylic acids is 2. The number of rotatable bonds is 7. The van der Waals surface area contributed by atoms with Gasteiger partial charge in [0.1, 0.15) is 0 Å². The molecule has 0 saturated carbocycles. The quantitative estimate of drug-likeness (QED) is 0.674. The largest absolute Gasteiger partial charge is 0.465 e. The fourth-order valence-corrected chi connectivity index (χ4v) is 2.02. The van der Waals surface area contributed by atoms with Crippen molar-refractivity contribution in [2.75, 3.05) is 13.7 Å². The minimum Gasteiger partial charge on any atom is -0.465 e. The van der Waals surface area contributed by atoms with Crippen molar-refractivity contribution in [1.82, 2.24) is 4.72 Å². The monoisotopic (exact) mass is 295 g/mol. The van der Waals surface area contributed by atoms with Gasteiger partial charge in [-0.05, 0) is 27.7 Å². The van der Waals surface area contributed by atoms with Crippen LogP contribution in [0.1, 0.15) is 34.1 Å². The average molecular weight is 295 g/mol. The second-order valence-electron chi connectivity index (χ2n) is 4.61. The maximum atomic E-state index is 11.8. The first-order chi connectivity index (χ1) is 8.55. The summed E-state index contributed by atoms with van der Waals surface area (Å²) < 4.78 is 35.0. The van der Waals surface area contributed by atoms with Gasteiger partial charge in [-0.2, -0.15) is 0 Å². The van der Waals surface area contributed by atoms with Gasteiger partial charge in [-0.3, -0.25) is 14.3 Å². The normalized spacial score (nSPS) is 13.7. The number of nitrogens with one attached hydrogen (secondary N) is 1. The molecule has 8 heteroatoms. The van der Waals surface area contributed by atoms with Gasteiger partial charge in [-0.25, -0.2) is 8.42 Å². The van der Waals surface area contributed by atoms with Crippen molar-refractivity contribution >= 4 is 21.9 Å². The molecule has 7 nitrogen and oxygen atoms in total. The molecule has 0 aliphatic rings. The maximum absolute atomic E-state index is 11.8. The molecule has 1 amide bonds. The molecule has 112 valence electrons. The van der Waals surface area contributed by atoms with Crippen molar-refractivity contribution in [1.29, 1.82) is 0 Å². The number of methoxy groups -OCH3 is 1. The summed E-state index contributed by atoms with van der Waals surface area (Å²) in [6.07, 6.45) is -0.141. The Morgan fingerprint density at radius 1 is 1.32 bits per heavy atom. The van der Waals surface area contributed by atoms with Crippen LogP contribution in [0.3, 0.4) is 0 Å². The van der Waals surface area contributed by atoms with E-state index in [1.54, 1.807) is 20.8 Å².